The van der Waals surface area contributed by atoms with Crippen LogP contribution in [0, 0.1) is 6.92 Å². The minimum Gasteiger partial charge on any atom is -0.370 e. The van der Waals surface area contributed by atoms with E-state index in [0.717, 1.165) is 24.1 Å². The molecule has 1 atom stereocenters. The van der Waals surface area contributed by atoms with Gasteiger partial charge in [0.2, 0.25) is 0 Å². The van der Waals surface area contributed by atoms with E-state index in [1.165, 1.54) is 11.1 Å². The molecule has 2 heterocycles. The number of ether oxygens (including phenoxy) is 1. The summed E-state index contributed by atoms with van der Waals surface area (Å²) in [6, 6.07) is 8.41. The molecule has 3 rings (SSSR count). The highest BCUT2D eigenvalue weighted by Crippen LogP contribution is 2.25. The van der Waals surface area contributed by atoms with Crippen molar-refractivity contribution in [3.05, 3.63) is 52.0 Å². The van der Waals surface area contributed by atoms with Gasteiger partial charge in [0.15, 0.2) is 5.96 Å². The van der Waals surface area contributed by atoms with Gasteiger partial charge in [0, 0.05) is 25.2 Å². The lowest BCUT2D eigenvalue weighted by molar-refractivity contribution is -0.00833. The lowest BCUT2D eigenvalue weighted by atomic mass is 10.0. The number of hydrogen-bond acceptors (Lipinski definition) is 4. The number of thiazole rings is 1. The predicted molar refractivity (Wildman–Crippen MR) is 93.8 cm³/mol. The highest BCUT2D eigenvalue weighted by molar-refractivity contribution is 7.09. The fraction of sp³-hybridized carbons (Fsp3) is 0.412. The molecule has 122 valence electrons. The lowest BCUT2D eigenvalue weighted by Gasteiger charge is -2.35. The lowest BCUT2D eigenvalue weighted by Crippen LogP contribution is -2.48. The molecule has 1 aliphatic heterocycles. The van der Waals surface area contributed by atoms with Crippen molar-refractivity contribution in [2.24, 2.45) is 4.99 Å². The maximum absolute atomic E-state index is 5.99. The maximum Gasteiger partial charge on any atom is 0.194 e. The van der Waals surface area contributed by atoms with E-state index in [0.29, 0.717) is 13.2 Å². The fourth-order valence-corrected chi connectivity index (χ4v) is 3.36. The van der Waals surface area contributed by atoms with Crippen molar-refractivity contribution in [2.45, 2.75) is 19.6 Å². The molecule has 0 bridgehead atoms. The normalized spacial score (nSPS) is 19.0. The van der Waals surface area contributed by atoms with Crippen LogP contribution in [0.1, 0.15) is 22.2 Å². The Morgan fingerprint density at radius 2 is 2.35 bits per heavy atom. The number of aliphatic imine (C=N–C) groups is 1. The van der Waals surface area contributed by atoms with Crippen LogP contribution in [0.25, 0.3) is 0 Å². The molecule has 0 unspecified atom stereocenters. The fourth-order valence-electron chi connectivity index (χ4n) is 2.81. The second-order valence-electron chi connectivity index (χ2n) is 5.49. The van der Waals surface area contributed by atoms with E-state index in [4.69, 9.17) is 4.74 Å². The first-order chi connectivity index (χ1) is 11.3. The number of nitrogens with zero attached hydrogens (tertiary/aromatic N) is 3. The van der Waals surface area contributed by atoms with Crippen LogP contribution in [0.5, 0.6) is 0 Å². The number of benzene rings is 1. The molecule has 1 aromatic carbocycles. The van der Waals surface area contributed by atoms with Gasteiger partial charge in [-0.2, -0.15) is 0 Å². The van der Waals surface area contributed by atoms with Gasteiger partial charge in [0.1, 0.15) is 11.1 Å². The monoisotopic (exact) mass is 330 g/mol. The van der Waals surface area contributed by atoms with E-state index < -0.39 is 0 Å². The summed E-state index contributed by atoms with van der Waals surface area (Å²) >= 11 is 1.65. The zero-order valence-electron chi connectivity index (χ0n) is 13.5. The van der Waals surface area contributed by atoms with Crippen LogP contribution in [0.4, 0.5) is 0 Å². The van der Waals surface area contributed by atoms with Crippen molar-refractivity contribution in [2.75, 3.05) is 26.7 Å². The number of morpholine rings is 1. The van der Waals surface area contributed by atoms with Gasteiger partial charge in [-0.15, -0.1) is 11.3 Å². The second kappa shape index (κ2) is 7.57. The molecule has 0 aliphatic carbocycles. The maximum atomic E-state index is 5.99. The number of guanidine groups is 1. The highest BCUT2D eigenvalue weighted by atomic mass is 32.1. The quantitative estimate of drug-likeness (QED) is 0.694. The zero-order valence-corrected chi connectivity index (χ0v) is 14.3. The summed E-state index contributed by atoms with van der Waals surface area (Å²) < 4.78 is 5.99. The molecule has 2 aromatic rings. The Labute approximate surface area is 141 Å². The third-order valence-electron chi connectivity index (χ3n) is 3.99. The Hall–Kier alpha value is -1.92. The summed E-state index contributed by atoms with van der Waals surface area (Å²) in [5.41, 5.74) is 2.53. The second-order valence-corrected chi connectivity index (χ2v) is 6.47. The Morgan fingerprint density at radius 1 is 1.48 bits per heavy atom. The van der Waals surface area contributed by atoms with E-state index in [-0.39, 0.29) is 6.10 Å². The molecule has 5 nitrogen and oxygen atoms in total. The van der Waals surface area contributed by atoms with Crippen LogP contribution in [0.2, 0.25) is 0 Å². The number of rotatable bonds is 3. The molecule has 0 radical (unpaired) electrons. The molecule has 1 aliphatic rings. The molecule has 1 aromatic heterocycles. The van der Waals surface area contributed by atoms with Gasteiger partial charge in [-0.25, -0.2) is 4.98 Å². The summed E-state index contributed by atoms with van der Waals surface area (Å²) in [4.78, 5) is 11.0. The summed E-state index contributed by atoms with van der Waals surface area (Å²) in [5, 5.41) is 6.45. The van der Waals surface area contributed by atoms with Crippen molar-refractivity contribution in [3.63, 3.8) is 0 Å². The first-order valence-corrected chi connectivity index (χ1v) is 8.67. The van der Waals surface area contributed by atoms with E-state index in [1.807, 2.05) is 18.6 Å². The molecule has 0 spiro atoms. The smallest absolute Gasteiger partial charge is 0.194 e. The van der Waals surface area contributed by atoms with Gasteiger partial charge in [-0.1, -0.05) is 24.3 Å². The summed E-state index contributed by atoms with van der Waals surface area (Å²) in [5.74, 6) is 0.905. The minimum atomic E-state index is 0.0864. The predicted octanol–water partition coefficient (Wildman–Crippen LogP) is 2.60. The first-order valence-electron chi connectivity index (χ1n) is 7.79. The van der Waals surface area contributed by atoms with E-state index in [1.54, 1.807) is 11.3 Å². The van der Waals surface area contributed by atoms with Crippen LogP contribution in [-0.2, 0) is 11.3 Å². The van der Waals surface area contributed by atoms with Crippen LogP contribution >= 0.6 is 11.3 Å². The standard InChI is InChI=1S/C17H22N4OS/c1-13-5-3-4-6-14(13)15-12-21(8-9-22-15)17(18-2)20-11-16-19-7-10-23-16/h3-7,10,15H,8-9,11-12H2,1-2H3,(H,18,20)/t15-/m1/s1. The Balaban J connectivity index is 1.66. The van der Waals surface area contributed by atoms with Gasteiger partial charge in [-0.05, 0) is 18.1 Å². The summed E-state index contributed by atoms with van der Waals surface area (Å²) in [6.45, 7) is 5.20. The third kappa shape index (κ3) is 3.89. The van der Waals surface area contributed by atoms with Crippen molar-refractivity contribution >= 4 is 17.3 Å². The summed E-state index contributed by atoms with van der Waals surface area (Å²) in [7, 11) is 1.82. The summed E-state index contributed by atoms with van der Waals surface area (Å²) in [6.07, 6.45) is 1.91. The van der Waals surface area contributed by atoms with E-state index in [9.17, 15) is 0 Å². The number of hydrogen-bond donors (Lipinski definition) is 1. The largest absolute Gasteiger partial charge is 0.370 e. The van der Waals surface area contributed by atoms with Crippen molar-refractivity contribution in [1.29, 1.82) is 0 Å². The van der Waals surface area contributed by atoms with Gasteiger partial charge in [0.25, 0.3) is 0 Å². The van der Waals surface area contributed by atoms with Gasteiger partial charge in [0.05, 0.1) is 19.7 Å². The van der Waals surface area contributed by atoms with Crippen molar-refractivity contribution in [3.8, 4) is 0 Å². The molecule has 1 saturated heterocycles. The molecule has 6 heteroatoms. The SMILES string of the molecule is CN=C(NCc1nccs1)N1CCO[C@@H](c2ccccc2C)C1. The number of nitrogens with one attached hydrogen (secondary N) is 1. The Morgan fingerprint density at radius 3 is 3.09 bits per heavy atom. The number of aromatic nitrogens is 1. The Kier molecular flexibility index (Phi) is 5.25. The zero-order chi connectivity index (χ0) is 16.1. The molecule has 0 saturated carbocycles. The average molecular weight is 330 g/mol. The van der Waals surface area contributed by atoms with E-state index >= 15 is 0 Å². The number of aryl methyl sites for hydroxylation is 1. The van der Waals surface area contributed by atoms with Crippen LogP contribution in [-0.4, -0.2) is 42.6 Å². The van der Waals surface area contributed by atoms with Crippen molar-refractivity contribution in [1.82, 2.24) is 15.2 Å². The van der Waals surface area contributed by atoms with Gasteiger partial charge >= 0.3 is 0 Å². The molecule has 23 heavy (non-hydrogen) atoms. The molecular weight excluding hydrogens is 308 g/mol. The molecule has 1 fully saturated rings. The molecular formula is C17H22N4OS. The Bertz CT molecular complexity index is 656. The van der Waals surface area contributed by atoms with Crippen molar-refractivity contribution < 1.29 is 4.74 Å². The van der Waals surface area contributed by atoms with E-state index in [2.05, 4.69) is 51.4 Å². The molecule has 0 amide bonds. The van der Waals surface area contributed by atoms with Crippen LogP contribution in [0.3, 0.4) is 0 Å². The average Bonchev–Trinajstić information content (AvgIpc) is 3.10. The van der Waals surface area contributed by atoms with Crippen LogP contribution < -0.4 is 5.32 Å². The van der Waals surface area contributed by atoms with Gasteiger partial charge < -0.3 is 15.0 Å². The first kappa shape index (κ1) is 16.0. The van der Waals surface area contributed by atoms with Gasteiger partial charge in [-0.3, -0.25) is 4.99 Å². The minimum absolute atomic E-state index is 0.0864. The molecule has 1 N–H and O–H groups in total. The van der Waals surface area contributed by atoms with Crippen LogP contribution in [0.15, 0.2) is 40.8 Å². The highest BCUT2D eigenvalue weighted by Gasteiger charge is 2.25. The third-order valence-corrected chi connectivity index (χ3v) is 4.77. The topological polar surface area (TPSA) is 49.8 Å².